The summed E-state index contributed by atoms with van der Waals surface area (Å²) in [5.41, 5.74) is -0.0786. The summed E-state index contributed by atoms with van der Waals surface area (Å²) in [6.07, 6.45) is 6.15. The highest BCUT2D eigenvalue weighted by atomic mass is 16.3. The monoisotopic (exact) mass is 227 g/mol. The molecule has 0 heterocycles. The highest BCUT2D eigenvalue weighted by Gasteiger charge is 2.32. The van der Waals surface area contributed by atoms with Gasteiger partial charge in [-0.05, 0) is 31.6 Å². The molecule has 0 spiro atoms. The Bertz CT molecular complexity index is 207. The van der Waals surface area contributed by atoms with Gasteiger partial charge in [-0.1, -0.05) is 40.0 Å². The van der Waals surface area contributed by atoms with E-state index in [0.29, 0.717) is 6.04 Å². The summed E-state index contributed by atoms with van der Waals surface area (Å²) >= 11 is 0. The maximum atomic E-state index is 9.54. The van der Waals surface area contributed by atoms with E-state index in [9.17, 15) is 5.11 Å². The van der Waals surface area contributed by atoms with Crippen molar-refractivity contribution in [2.24, 2.45) is 11.8 Å². The Kier molecular flexibility index (Phi) is 5.26. The highest BCUT2D eigenvalue weighted by Crippen LogP contribution is 2.31. The molecule has 0 aromatic heterocycles. The van der Waals surface area contributed by atoms with Gasteiger partial charge in [0, 0.05) is 11.6 Å². The number of hydrogen-bond donors (Lipinski definition) is 2. The largest absolute Gasteiger partial charge is 0.394 e. The third-order valence-electron chi connectivity index (χ3n) is 4.39. The van der Waals surface area contributed by atoms with E-state index in [1.165, 1.54) is 19.3 Å². The van der Waals surface area contributed by atoms with Crippen molar-refractivity contribution in [2.45, 2.75) is 71.4 Å². The minimum atomic E-state index is -0.0786. The molecule has 2 heteroatoms. The van der Waals surface area contributed by atoms with E-state index >= 15 is 0 Å². The van der Waals surface area contributed by atoms with Gasteiger partial charge in [-0.15, -0.1) is 0 Å². The zero-order chi connectivity index (χ0) is 12.2. The van der Waals surface area contributed by atoms with Crippen molar-refractivity contribution in [1.29, 1.82) is 0 Å². The summed E-state index contributed by atoms with van der Waals surface area (Å²) in [4.78, 5) is 0. The smallest absolute Gasteiger partial charge is 0.0610 e. The summed E-state index contributed by atoms with van der Waals surface area (Å²) < 4.78 is 0. The summed E-state index contributed by atoms with van der Waals surface area (Å²) in [6.45, 7) is 9.29. The second-order valence-electron chi connectivity index (χ2n) is 5.99. The zero-order valence-electron chi connectivity index (χ0n) is 11.4. The van der Waals surface area contributed by atoms with Crippen LogP contribution in [0.3, 0.4) is 0 Å². The maximum absolute atomic E-state index is 9.54. The van der Waals surface area contributed by atoms with Crippen molar-refractivity contribution in [3.63, 3.8) is 0 Å². The molecular weight excluding hydrogens is 198 g/mol. The molecule has 1 aliphatic rings. The Labute approximate surface area is 101 Å². The molecule has 1 saturated carbocycles. The predicted octanol–water partition coefficient (Wildman–Crippen LogP) is 2.95. The first-order chi connectivity index (χ1) is 7.52. The van der Waals surface area contributed by atoms with Gasteiger partial charge in [-0.3, -0.25) is 0 Å². The predicted molar refractivity (Wildman–Crippen MR) is 69.5 cm³/mol. The van der Waals surface area contributed by atoms with Crippen LogP contribution in [0.4, 0.5) is 0 Å². The van der Waals surface area contributed by atoms with Gasteiger partial charge in [0.25, 0.3) is 0 Å². The van der Waals surface area contributed by atoms with Gasteiger partial charge in [-0.25, -0.2) is 0 Å². The van der Waals surface area contributed by atoms with Crippen molar-refractivity contribution in [1.82, 2.24) is 5.32 Å². The average Bonchev–Trinajstić information content (AvgIpc) is 2.25. The van der Waals surface area contributed by atoms with Crippen LogP contribution in [-0.4, -0.2) is 23.3 Å². The normalized spacial score (nSPS) is 34.7. The molecule has 16 heavy (non-hydrogen) atoms. The Morgan fingerprint density at radius 3 is 2.56 bits per heavy atom. The van der Waals surface area contributed by atoms with Crippen LogP contribution in [-0.2, 0) is 0 Å². The fourth-order valence-corrected chi connectivity index (χ4v) is 2.98. The number of rotatable bonds is 5. The molecule has 1 rings (SSSR count). The Morgan fingerprint density at radius 1 is 1.31 bits per heavy atom. The number of hydrogen-bond acceptors (Lipinski definition) is 2. The molecule has 0 amide bonds. The van der Waals surface area contributed by atoms with Gasteiger partial charge in [-0.2, -0.15) is 0 Å². The highest BCUT2D eigenvalue weighted by molar-refractivity contribution is 4.90. The van der Waals surface area contributed by atoms with Crippen LogP contribution >= 0.6 is 0 Å². The number of aliphatic hydroxyl groups excluding tert-OH is 1. The topological polar surface area (TPSA) is 32.3 Å². The fraction of sp³-hybridized carbons (Fsp3) is 1.00. The van der Waals surface area contributed by atoms with E-state index in [0.717, 1.165) is 24.7 Å². The standard InChI is InChI=1S/C14H29NO/c1-5-9-14(4,10-16)15-13-8-6-7-11(2)12(13)3/h11-13,15-16H,5-10H2,1-4H3. The van der Waals surface area contributed by atoms with Gasteiger partial charge in [0.15, 0.2) is 0 Å². The van der Waals surface area contributed by atoms with E-state index in [-0.39, 0.29) is 12.1 Å². The molecule has 2 nitrogen and oxygen atoms in total. The zero-order valence-corrected chi connectivity index (χ0v) is 11.4. The summed E-state index contributed by atoms with van der Waals surface area (Å²) in [7, 11) is 0. The van der Waals surface area contributed by atoms with Gasteiger partial charge < -0.3 is 10.4 Å². The minimum absolute atomic E-state index is 0.0786. The molecular formula is C14H29NO. The second-order valence-corrected chi connectivity index (χ2v) is 5.99. The lowest BCUT2D eigenvalue weighted by Gasteiger charge is -2.41. The first-order valence-corrected chi connectivity index (χ1v) is 6.91. The van der Waals surface area contributed by atoms with E-state index in [1.807, 2.05) is 0 Å². The lowest BCUT2D eigenvalue weighted by Crippen LogP contribution is -2.54. The lowest BCUT2D eigenvalue weighted by molar-refractivity contribution is 0.110. The van der Waals surface area contributed by atoms with Gasteiger partial charge in [0.1, 0.15) is 0 Å². The molecule has 0 radical (unpaired) electrons. The average molecular weight is 227 g/mol. The van der Waals surface area contributed by atoms with Gasteiger partial charge >= 0.3 is 0 Å². The van der Waals surface area contributed by atoms with Crippen LogP contribution in [0.15, 0.2) is 0 Å². The van der Waals surface area contributed by atoms with Crippen molar-refractivity contribution >= 4 is 0 Å². The molecule has 0 saturated heterocycles. The molecule has 0 aromatic carbocycles. The third kappa shape index (κ3) is 3.46. The summed E-state index contributed by atoms with van der Waals surface area (Å²) in [5, 5.41) is 13.2. The third-order valence-corrected chi connectivity index (χ3v) is 4.39. The van der Waals surface area contributed by atoms with Crippen LogP contribution in [0.5, 0.6) is 0 Å². The molecule has 0 bridgehead atoms. The van der Waals surface area contributed by atoms with Gasteiger partial charge in [0.05, 0.1) is 6.61 Å². The van der Waals surface area contributed by atoms with Gasteiger partial charge in [0.2, 0.25) is 0 Å². The summed E-state index contributed by atoms with van der Waals surface area (Å²) in [5.74, 6) is 1.55. The maximum Gasteiger partial charge on any atom is 0.0610 e. The Balaban J connectivity index is 2.56. The van der Waals surface area contributed by atoms with Crippen molar-refractivity contribution < 1.29 is 5.11 Å². The summed E-state index contributed by atoms with van der Waals surface area (Å²) in [6, 6.07) is 0.590. The molecule has 4 atom stereocenters. The second kappa shape index (κ2) is 6.02. The van der Waals surface area contributed by atoms with Crippen LogP contribution in [0.1, 0.15) is 59.8 Å². The molecule has 4 unspecified atom stereocenters. The Hall–Kier alpha value is -0.0800. The molecule has 2 N–H and O–H groups in total. The van der Waals surface area contributed by atoms with Crippen molar-refractivity contribution in [2.75, 3.05) is 6.61 Å². The lowest BCUT2D eigenvalue weighted by atomic mass is 9.77. The van der Waals surface area contributed by atoms with Crippen molar-refractivity contribution in [3.8, 4) is 0 Å². The molecule has 1 fully saturated rings. The number of aliphatic hydroxyl groups is 1. The minimum Gasteiger partial charge on any atom is -0.394 e. The molecule has 1 aliphatic carbocycles. The van der Waals surface area contributed by atoms with E-state index < -0.39 is 0 Å². The Morgan fingerprint density at radius 2 is 2.00 bits per heavy atom. The number of nitrogens with one attached hydrogen (secondary N) is 1. The fourth-order valence-electron chi connectivity index (χ4n) is 2.98. The first-order valence-electron chi connectivity index (χ1n) is 6.91. The van der Waals surface area contributed by atoms with Crippen LogP contribution in [0.2, 0.25) is 0 Å². The molecule has 96 valence electrons. The SMILES string of the molecule is CCCC(C)(CO)NC1CCCC(C)C1C. The van der Waals surface area contributed by atoms with E-state index in [1.54, 1.807) is 0 Å². The first kappa shape index (κ1) is 14.0. The van der Waals surface area contributed by atoms with Crippen LogP contribution < -0.4 is 5.32 Å². The molecule has 0 aliphatic heterocycles. The van der Waals surface area contributed by atoms with E-state index in [4.69, 9.17) is 0 Å². The van der Waals surface area contributed by atoms with Crippen LogP contribution in [0, 0.1) is 11.8 Å². The quantitative estimate of drug-likeness (QED) is 0.757. The molecule has 0 aromatic rings. The van der Waals surface area contributed by atoms with E-state index in [2.05, 4.69) is 33.0 Å². The van der Waals surface area contributed by atoms with Crippen molar-refractivity contribution in [3.05, 3.63) is 0 Å². The van der Waals surface area contributed by atoms with Crippen LogP contribution in [0.25, 0.3) is 0 Å².